The lowest BCUT2D eigenvalue weighted by molar-refractivity contribution is 0.302. The predicted octanol–water partition coefficient (Wildman–Crippen LogP) is 2.82. The van der Waals surface area contributed by atoms with Crippen LogP contribution in [0.5, 0.6) is 0 Å². The number of rotatable bonds is 4. The number of allylic oxidation sites excluding steroid dienone is 3. The van der Waals surface area contributed by atoms with Gasteiger partial charge in [0.05, 0.1) is 0 Å². The Balaban J connectivity index is 2.17. The highest BCUT2D eigenvalue weighted by atomic mass is 16.2. The molecule has 0 aromatic heterocycles. The molecule has 0 radical (unpaired) electrons. The zero-order valence-corrected chi connectivity index (χ0v) is 7.63. The molecule has 0 spiro atoms. The van der Waals surface area contributed by atoms with Crippen molar-refractivity contribution in [1.29, 1.82) is 0 Å². The van der Waals surface area contributed by atoms with Gasteiger partial charge in [-0.1, -0.05) is 23.8 Å². The minimum Gasteiger partial charge on any atom is -0.396 e. The Morgan fingerprint density at radius 3 is 2.92 bits per heavy atom. The molecule has 0 unspecified atom stereocenters. The lowest BCUT2D eigenvalue weighted by atomic mass is 9.97. The SMILES string of the molecule is OCC/C=C/CC1=CCCCC1. The second-order valence-corrected chi connectivity index (χ2v) is 3.30. The van der Waals surface area contributed by atoms with Gasteiger partial charge in [-0.05, 0) is 38.5 Å². The maximum absolute atomic E-state index is 8.54. The van der Waals surface area contributed by atoms with Crippen molar-refractivity contribution in [3.63, 3.8) is 0 Å². The highest BCUT2D eigenvalue weighted by Crippen LogP contribution is 2.20. The molecule has 0 saturated heterocycles. The van der Waals surface area contributed by atoms with Crippen molar-refractivity contribution in [3.8, 4) is 0 Å². The minimum absolute atomic E-state index is 0.273. The first kappa shape index (κ1) is 9.53. The molecule has 1 nitrogen and oxygen atoms in total. The average molecular weight is 166 g/mol. The van der Waals surface area contributed by atoms with Gasteiger partial charge in [0, 0.05) is 6.61 Å². The Morgan fingerprint density at radius 2 is 2.25 bits per heavy atom. The van der Waals surface area contributed by atoms with Gasteiger partial charge in [-0.25, -0.2) is 0 Å². The minimum atomic E-state index is 0.273. The summed E-state index contributed by atoms with van der Waals surface area (Å²) in [6, 6.07) is 0. The van der Waals surface area contributed by atoms with Crippen molar-refractivity contribution in [2.45, 2.75) is 38.5 Å². The standard InChI is InChI=1S/C11H18O/c12-10-6-2-5-9-11-7-3-1-4-8-11/h2,5,7,12H,1,3-4,6,8-10H2/b5-2+. The third-order valence-electron chi connectivity index (χ3n) is 2.23. The lowest BCUT2D eigenvalue weighted by Crippen LogP contribution is -1.90. The molecule has 1 rings (SSSR count). The van der Waals surface area contributed by atoms with Gasteiger partial charge in [0.25, 0.3) is 0 Å². The monoisotopic (exact) mass is 166 g/mol. The van der Waals surface area contributed by atoms with Crippen LogP contribution in [0.2, 0.25) is 0 Å². The average Bonchev–Trinajstić information content (AvgIpc) is 2.14. The number of aliphatic hydroxyl groups is 1. The summed E-state index contributed by atoms with van der Waals surface area (Å²) < 4.78 is 0. The van der Waals surface area contributed by atoms with E-state index in [1.807, 2.05) is 0 Å². The molecule has 0 aromatic rings. The topological polar surface area (TPSA) is 20.2 Å². The Hall–Kier alpha value is -0.560. The van der Waals surface area contributed by atoms with Gasteiger partial charge in [-0.2, -0.15) is 0 Å². The quantitative estimate of drug-likeness (QED) is 0.637. The van der Waals surface area contributed by atoms with Crippen LogP contribution in [-0.2, 0) is 0 Å². The highest BCUT2D eigenvalue weighted by molar-refractivity contribution is 5.09. The van der Waals surface area contributed by atoms with Crippen LogP contribution >= 0.6 is 0 Å². The van der Waals surface area contributed by atoms with Crippen LogP contribution in [0.4, 0.5) is 0 Å². The first-order valence-electron chi connectivity index (χ1n) is 4.87. The molecule has 0 fully saturated rings. The Labute approximate surface area is 74.8 Å². The summed E-state index contributed by atoms with van der Waals surface area (Å²) >= 11 is 0. The fourth-order valence-electron chi connectivity index (χ4n) is 1.52. The van der Waals surface area contributed by atoms with E-state index in [4.69, 9.17) is 5.11 Å². The first-order valence-corrected chi connectivity index (χ1v) is 4.87. The Bertz CT molecular complexity index is 168. The number of hydrogen-bond donors (Lipinski definition) is 1. The summed E-state index contributed by atoms with van der Waals surface area (Å²) in [6.07, 6.45) is 13.8. The van der Waals surface area contributed by atoms with Crippen LogP contribution in [0.1, 0.15) is 38.5 Å². The fourth-order valence-corrected chi connectivity index (χ4v) is 1.52. The van der Waals surface area contributed by atoms with Crippen molar-refractivity contribution in [1.82, 2.24) is 0 Å². The van der Waals surface area contributed by atoms with Gasteiger partial charge in [-0.15, -0.1) is 0 Å². The molecule has 68 valence electrons. The number of hydrogen-bond acceptors (Lipinski definition) is 1. The van der Waals surface area contributed by atoms with Crippen LogP contribution in [0.3, 0.4) is 0 Å². The van der Waals surface area contributed by atoms with Gasteiger partial charge in [0.1, 0.15) is 0 Å². The van der Waals surface area contributed by atoms with E-state index < -0.39 is 0 Å². The smallest absolute Gasteiger partial charge is 0.0465 e. The van der Waals surface area contributed by atoms with Crippen LogP contribution in [0.25, 0.3) is 0 Å². The highest BCUT2D eigenvalue weighted by Gasteiger charge is 2.00. The lowest BCUT2D eigenvalue weighted by Gasteiger charge is -2.09. The third-order valence-corrected chi connectivity index (χ3v) is 2.23. The molecule has 0 amide bonds. The third kappa shape index (κ3) is 3.72. The van der Waals surface area contributed by atoms with Crippen LogP contribution in [0, 0.1) is 0 Å². The maximum Gasteiger partial charge on any atom is 0.0465 e. The first-order chi connectivity index (χ1) is 5.93. The van der Waals surface area contributed by atoms with Gasteiger partial charge in [-0.3, -0.25) is 0 Å². The van der Waals surface area contributed by atoms with Gasteiger partial charge in [0.15, 0.2) is 0 Å². The second kappa shape index (κ2) is 6.01. The zero-order chi connectivity index (χ0) is 8.65. The second-order valence-electron chi connectivity index (χ2n) is 3.30. The van der Waals surface area contributed by atoms with E-state index in [9.17, 15) is 0 Å². The summed E-state index contributed by atoms with van der Waals surface area (Å²) in [6.45, 7) is 0.273. The predicted molar refractivity (Wildman–Crippen MR) is 52.0 cm³/mol. The molecule has 0 aromatic carbocycles. The molecule has 1 N–H and O–H groups in total. The van der Waals surface area contributed by atoms with E-state index in [0.29, 0.717) is 0 Å². The van der Waals surface area contributed by atoms with Gasteiger partial charge in [0.2, 0.25) is 0 Å². The molecular formula is C11H18O. The van der Waals surface area contributed by atoms with E-state index in [1.165, 1.54) is 25.7 Å². The van der Waals surface area contributed by atoms with E-state index in [1.54, 1.807) is 5.57 Å². The van der Waals surface area contributed by atoms with Crippen molar-refractivity contribution < 1.29 is 5.11 Å². The van der Waals surface area contributed by atoms with Crippen molar-refractivity contribution >= 4 is 0 Å². The normalized spacial score (nSPS) is 18.2. The van der Waals surface area contributed by atoms with Crippen molar-refractivity contribution in [2.24, 2.45) is 0 Å². The van der Waals surface area contributed by atoms with Crippen LogP contribution < -0.4 is 0 Å². The summed E-state index contributed by atoms with van der Waals surface area (Å²) in [5.74, 6) is 0. The van der Waals surface area contributed by atoms with E-state index in [0.717, 1.165) is 12.8 Å². The molecule has 0 bridgehead atoms. The molecule has 0 saturated carbocycles. The molecular weight excluding hydrogens is 148 g/mol. The summed E-state index contributed by atoms with van der Waals surface area (Å²) in [4.78, 5) is 0. The fraction of sp³-hybridized carbons (Fsp3) is 0.636. The van der Waals surface area contributed by atoms with Crippen molar-refractivity contribution in [3.05, 3.63) is 23.8 Å². The molecule has 1 heteroatoms. The van der Waals surface area contributed by atoms with E-state index >= 15 is 0 Å². The van der Waals surface area contributed by atoms with Crippen molar-refractivity contribution in [2.75, 3.05) is 6.61 Å². The molecule has 1 aliphatic carbocycles. The maximum atomic E-state index is 8.54. The summed E-state index contributed by atoms with van der Waals surface area (Å²) in [5.41, 5.74) is 1.58. The number of aliphatic hydroxyl groups excluding tert-OH is 1. The van der Waals surface area contributed by atoms with Crippen LogP contribution in [0.15, 0.2) is 23.8 Å². The van der Waals surface area contributed by atoms with Crippen LogP contribution in [-0.4, -0.2) is 11.7 Å². The zero-order valence-electron chi connectivity index (χ0n) is 7.63. The molecule has 1 aliphatic rings. The Morgan fingerprint density at radius 1 is 1.33 bits per heavy atom. The molecule has 0 aliphatic heterocycles. The Kier molecular flexibility index (Phi) is 4.77. The summed E-state index contributed by atoms with van der Waals surface area (Å²) in [7, 11) is 0. The van der Waals surface area contributed by atoms with Gasteiger partial charge < -0.3 is 5.11 Å². The molecule has 0 atom stereocenters. The molecule has 12 heavy (non-hydrogen) atoms. The van der Waals surface area contributed by atoms with Gasteiger partial charge >= 0.3 is 0 Å². The molecule has 0 heterocycles. The van der Waals surface area contributed by atoms with E-state index in [2.05, 4.69) is 18.2 Å². The summed E-state index contributed by atoms with van der Waals surface area (Å²) in [5, 5.41) is 8.54. The van der Waals surface area contributed by atoms with E-state index in [-0.39, 0.29) is 6.61 Å². The largest absolute Gasteiger partial charge is 0.396 e.